The van der Waals surface area contributed by atoms with Gasteiger partial charge in [0.05, 0.1) is 11.4 Å². The third-order valence-corrected chi connectivity index (χ3v) is 4.83. The fourth-order valence-corrected chi connectivity index (χ4v) is 3.49. The van der Waals surface area contributed by atoms with Crippen LogP contribution >= 0.6 is 0 Å². The number of rotatable bonds is 4. The molecule has 4 aromatic carbocycles. The molecule has 0 aromatic heterocycles. The Hall–Kier alpha value is -3.46. The zero-order valence-corrected chi connectivity index (χ0v) is 15.4. The van der Waals surface area contributed by atoms with Crippen LogP contribution in [0.4, 0.5) is 20.2 Å². The molecule has 1 nitrogen and oxygen atoms in total. The highest BCUT2D eigenvalue weighted by Crippen LogP contribution is 2.43. The highest BCUT2D eigenvalue weighted by molar-refractivity contribution is 5.94. The van der Waals surface area contributed by atoms with E-state index in [2.05, 4.69) is 0 Å². The molecule has 0 saturated carbocycles. The van der Waals surface area contributed by atoms with Gasteiger partial charge >= 0.3 is 0 Å². The summed E-state index contributed by atoms with van der Waals surface area (Å²) >= 11 is 0. The number of anilines is 2. The Balaban J connectivity index is 2.02. The summed E-state index contributed by atoms with van der Waals surface area (Å²) in [5.74, 6) is -0.794. The lowest BCUT2D eigenvalue weighted by molar-refractivity contribution is 0.618. The molecule has 138 valence electrons. The molecule has 0 radical (unpaired) electrons. The molecule has 0 N–H and O–H groups in total. The van der Waals surface area contributed by atoms with E-state index >= 15 is 4.39 Å². The van der Waals surface area contributed by atoms with E-state index in [-0.39, 0.29) is 0 Å². The quantitative estimate of drug-likeness (QED) is 0.371. The van der Waals surface area contributed by atoms with Crippen LogP contribution in [0.25, 0.3) is 22.3 Å². The molecule has 0 bridgehead atoms. The van der Waals surface area contributed by atoms with E-state index in [9.17, 15) is 4.39 Å². The summed E-state index contributed by atoms with van der Waals surface area (Å²) in [6.07, 6.45) is 0. The van der Waals surface area contributed by atoms with Gasteiger partial charge in [-0.3, -0.25) is 0 Å². The van der Waals surface area contributed by atoms with Crippen molar-refractivity contribution in [3.63, 3.8) is 0 Å². The Labute approximate surface area is 163 Å². The van der Waals surface area contributed by atoms with Gasteiger partial charge in [0.15, 0.2) is 0 Å². The third kappa shape index (κ3) is 3.27. The molecule has 4 rings (SSSR count). The lowest BCUT2D eigenvalue weighted by atomic mass is 9.92. The number of hydrogen-bond acceptors (Lipinski definition) is 1. The second kappa shape index (κ2) is 7.65. The number of para-hydroxylation sites is 1. The lowest BCUT2D eigenvalue weighted by Gasteiger charge is -2.26. The normalized spacial score (nSPS) is 10.7. The van der Waals surface area contributed by atoms with Crippen molar-refractivity contribution in [3.8, 4) is 22.3 Å². The highest BCUT2D eigenvalue weighted by Gasteiger charge is 2.21. The monoisotopic (exact) mass is 371 g/mol. The Bertz CT molecular complexity index is 1090. The standard InChI is InChI=1S/C25H19F2N/c1-28(23-15-9-8-14-21(23)26)25-22(27)17-16-20(18-10-4-2-5-11-18)24(25)19-12-6-3-7-13-19/h2-17H,1H3. The van der Waals surface area contributed by atoms with Gasteiger partial charge in [0.25, 0.3) is 0 Å². The molecule has 4 aromatic rings. The van der Waals surface area contributed by atoms with E-state index < -0.39 is 11.6 Å². The topological polar surface area (TPSA) is 3.24 Å². The molecule has 0 fully saturated rings. The maximum atomic E-state index is 15.1. The van der Waals surface area contributed by atoms with Gasteiger partial charge in [0.2, 0.25) is 0 Å². The molecule has 0 aliphatic heterocycles. The average molecular weight is 371 g/mol. The molecule has 0 spiro atoms. The molecular weight excluding hydrogens is 352 g/mol. The summed E-state index contributed by atoms with van der Waals surface area (Å²) in [5.41, 5.74) is 4.15. The number of hydrogen-bond donors (Lipinski definition) is 0. The summed E-state index contributed by atoms with van der Waals surface area (Å²) in [6.45, 7) is 0. The predicted octanol–water partition coefficient (Wildman–Crippen LogP) is 7.07. The van der Waals surface area contributed by atoms with E-state index in [1.807, 2.05) is 60.7 Å². The Morgan fingerprint density at radius 1 is 0.571 bits per heavy atom. The fourth-order valence-electron chi connectivity index (χ4n) is 3.49. The zero-order valence-electron chi connectivity index (χ0n) is 15.4. The number of halogens is 2. The Morgan fingerprint density at radius 2 is 1.14 bits per heavy atom. The second-order valence-corrected chi connectivity index (χ2v) is 6.56. The maximum Gasteiger partial charge on any atom is 0.147 e. The minimum absolute atomic E-state index is 0.323. The third-order valence-electron chi connectivity index (χ3n) is 4.83. The molecule has 3 heteroatoms. The van der Waals surface area contributed by atoms with Crippen molar-refractivity contribution in [1.29, 1.82) is 0 Å². The SMILES string of the molecule is CN(c1ccccc1F)c1c(F)ccc(-c2ccccc2)c1-c1ccccc1. The summed E-state index contributed by atoms with van der Waals surface area (Å²) in [5, 5.41) is 0. The van der Waals surface area contributed by atoms with E-state index in [0.29, 0.717) is 11.4 Å². The summed E-state index contributed by atoms with van der Waals surface area (Å²) in [4.78, 5) is 1.58. The van der Waals surface area contributed by atoms with Crippen LogP contribution in [0.5, 0.6) is 0 Å². The minimum atomic E-state index is -0.399. The smallest absolute Gasteiger partial charge is 0.147 e. The van der Waals surface area contributed by atoms with Crippen molar-refractivity contribution in [2.45, 2.75) is 0 Å². The first-order chi connectivity index (χ1) is 13.7. The van der Waals surface area contributed by atoms with E-state index in [1.165, 1.54) is 12.1 Å². The lowest BCUT2D eigenvalue weighted by Crippen LogP contribution is -2.14. The number of nitrogens with zero attached hydrogens (tertiary/aromatic N) is 1. The summed E-state index contributed by atoms with van der Waals surface area (Å²) < 4.78 is 29.6. The molecule has 0 aliphatic rings. The Kier molecular flexibility index (Phi) is 4.90. The van der Waals surface area contributed by atoms with Gasteiger partial charge in [-0.05, 0) is 34.9 Å². The molecule has 28 heavy (non-hydrogen) atoms. The van der Waals surface area contributed by atoms with Gasteiger partial charge in [-0.2, -0.15) is 0 Å². The largest absolute Gasteiger partial charge is 0.339 e. The summed E-state index contributed by atoms with van der Waals surface area (Å²) in [7, 11) is 1.69. The van der Waals surface area contributed by atoms with Crippen LogP contribution in [-0.2, 0) is 0 Å². The van der Waals surface area contributed by atoms with Crippen molar-refractivity contribution >= 4 is 11.4 Å². The average Bonchev–Trinajstić information content (AvgIpc) is 2.74. The molecule has 0 unspecified atom stereocenters. The van der Waals surface area contributed by atoms with Gasteiger partial charge in [0.1, 0.15) is 11.6 Å². The maximum absolute atomic E-state index is 15.1. The first-order valence-corrected chi connectivity index (χ1v) is 9.08. The zero-order chi connectivity index (χ0) is 19.5. The first kappa shape index (κ1) is 17.9. The van der Waals surface area contributed by atoms with E-state index in [0.717, 1.165) is 22.3 Å². The molecule has 0 amide bonds. The van der Waals surface area contributed by atoms with Crippen LogP contribution in [0.15, 0.2) is 97.1 Å². The fraction of sp³-hybridized carbons (Fsp3) is 0.0400. The summed E-state index contributed by atoms with van der Waals surface area (Å²) in [6, 6.07) is 29.1. The van der Waals surface area contributed by atoms with E-state index in [1.54, 1.807) is 36.2 Å². The van der Waals surface area contributed by atoms with Crippen LogP contribution in [0.3, 0.4) is 0 Å². The molecule has 0 aliphatic carbocycles. The minimum Gasteiger partial charge on any atom is -0.339 e. The van der Waals surface area contributed by atoms with Crippen LogP contribution in [-0.4, -0.2) is 7.05 Å². The predicted molar refractivity (Wildman–Crippen MR) is 112 cm³/mol. The first-order valence-electron chi connectivity index (χ1n) is 9.08. The van der Waals surface area contributed by atoms with Gasteiger partial charge in [-0.15, -0.1) is 0 Å². The van der Waals surface area contributed by atoms with Crippen LogP contribution in [0.1, 0.15) is 0 Å². The molecule has 0 saturated heterocycles. The van der Waals surface area contributed by atoms with Crippen molar-refractivity contribution in [3.05, 3.63) is 109 Å². The highest BCUT2D eigenvalue weighted by atomic mass is 19.1. The molecule has 0 heterocycles. The second-order valence-electron chi connectivity index (χ2n) is 6.56. The van der Waals surface area contributed by atoms with E-state index in [4.69, 9.17) is 0 Å². The number of benzene rings is 4. The van der Waals surface area contributed by atoms with Crippen molar-refractivity contribution in [1.82, 2.24) is 0 Å². The molecule has 0 atom stereocenters. The van der Waals surface area contributed by atoms with Gasteiger partial charge < -0.3 is 4.90 Å². The van der Waals surface area contributed by atoms with Crippen LogP contribution in [0.2, 0.25) is 0 Å². The van der Waals surface area contributed by atoms with Crippen LogP contribution < -0.4 is 4.90 Å². The van der Waals surface area contributed by atoms with Gasteiger partial charge in [-0.25, -0.2) is 8.78 Å². The van der Waals surface area contributed by atoms with Crippen molar-refractivity contribution in [2.24, 2.45) is 0 Å². The molecular formula is C25H19F2N. The Morgan fingerprint density at radius 3 is 1.79 bits per heavy atom. The van der Waals surface area contributed by atoms with Crippen molar-refractivity contribution in [2.75, 3.05) is 11.9 Å². The van der Waals surface area contributed by atoms with Gasteiger partial charge in [-0.1, -0.05) is 78.9 Å². The van der Waals surface area contributed by atoms with Crippen LogP contribution in [0, 0.1) is 11.6 Å². The van der Waals surface area contributed by atoms with Gasteiger partial charge in [0, 0.05) is 12.6 Å². The van der Waals surface area contributed by atoms with Crippen molar-refractivity contribution < 1.29 is 8.78 Å².